The van der Waals surface area contributed by atoms with Crippen LogP contribution in [0.5, 0.6) is 0 Å². The number of carbonyl (C=O) groups is 2. The molecule has 6 heteroatoms. The largest absolute Gasteiger partial charge is 0.480 e. The molecule has 1 amide bonds. The van der Waals surface area contributed by atoms with Crippen molar-refractivity contribution in [1.29, 1.82) is 0 Å². The second-order valence-electron chi connectivity index (χ2n) is 5.17. The van der Waals surface area contributed by atoms with Gasteiger partial charge in [-0.15, -0.1) is 11.8 Å². The number of aromatic nitrogens is 1. The number of thioether (sulfide) groups is 1. The molecule has 21 heavy (non-hydrogen) atoms. The fourth-order valence-corrected chi connectivity index (χ4v) is 3.99. The summed E-state index contributed by atoms with van der Waals surface area (Å²) in [5.74, 6) is -0.726. The van der Waals surface area contributed by atoms with Gasteiger partial charge in [0.05, 0.1) is 10.9 Å². The molecule has 0 aliphatic carbocycles. The molecule has 1 aromatic carbocycles. The number of nitrogens with one attached hydrogen (secondary N) is 1. The Morgan fingerprint density at radius 2 is 2.10 bits per heavy atom. The van der Waals surface area contributed by atoms with E-state index in [2.05, 4.69) is 4.98 Å². The number of carbonyl (C=O) groups excluding carboxylic acids is 1. The van der Waals surface area contributed by atoms with Crippen LogP contribution in [0.3, 0.4) is 0 Å². The normalized spacial score (nSPS) is 21.9. The predicted molar refractivity (Wildman–Crippen MR) is 82.5 cm³/mol. The van der Waals surface area contributed by atoms with E-state index in [0.717, 1.165) is 16.6 Å². The molecule has 2 unspecified atom stereocenters. The molecule has 2 heterocycles. The molecule has 1 aromatic heterocycles. The van der Waals surface area contributed by atoms with Crippen molar-refractivity contribution < 1.29 is 14.7 Å². The first-order valence-corrected chi connectivity index (χ1v) is 7.80. The molecular formula is C15H16N2O3S. The van der Waals surface area contributed by atoms with Gasteiger partial charge in [-0.05, 0) is 19.9 Å². The van der Waals surface area contributed by atoms with Gasteiger partial charge in [0, 0.05) is 22.3 Å². The number of amides is 1. The van der Waals surface area contributed by atoms with Crippen LogP contribution in [0.4, 0.5) is 0 Å². The minimum absolute atomic E-state index is 0.133. The van der Waals surface area contributed by atoms with Crippen molar-refractivity contribution in [2.24, 2.45) is 0 Å². The maximum Gasteiger partial charge on any atom is 0.327 e. The predicted octanol–water partition coefficient (Wildman–Crippen LogP) is 2.46. The molecule has 3 rings (SSSR count). The number of aryl methyl sites for hydroxylation is 1. The molecule has 0 spiro atoms. The molecule has 2 N–H and O–H groups in total. The van der Waals surface area contributed by atoms with Crippen molar-refractivity contribution in [3.8, 4) is 0 Å². The summed E-state index contributed by atoms with van der Waals surface area (Å²) < 4.78 is 0. The lowest BCUT2D eigenvalue weighted by Crippen LogP contribution is -2.44. The lowest BCUT2D eigenvalue weighted by atomic mass is 10.1. The Balaban J connectivity index is 2.08. The average Bonchev–Trinajstić information content (AvgIpc) is 2.97. The topological polar surface area (TPSA) is 73.4 Å². The fraction of sp³-hybridized carbons (Fsp3) is 0.333. The van der Waals surface area contributed by atoms with E-state index >= 15 is 0 Å². The van der Waals surface area contributed by atoms with Crippen molar-refractivity contribution in [1.82, 2.24) is 9.88 Å². The van der Waals surface area contributed by atoms with E-state index in [9.17, 15) is 14.7 Å². The van der Waals surface area contributed by atoms with Crippen LogP contribution in [0.1, 0.15) is 23.0 Å². The van der Waals surface area contributed by atoms with Crippen LogP contribution in [0.2, 0.25) is 0 Å². The number of hydrogen-bond donors (Lipinski definition) is 2. The zero-order chi connectivity index (χ0) is 15.1. The Labute approximate surface area is 126 Å². The number of carboxylic acid groups (broad SMARTS) is 1. The van der Waals surface area contributed by atoms with Gasteiger partial charge in [0.1, 0.15) is 6.04 Å². The van der Waals surface area contributed by atoms with Crippen LogP contribution in [-0.4, -0.2) is 44.0 Å². The maximum atomic E-state index is 12.9. The van der Waals surface area contributed by atoms with Crippen LogP contribution in [-0.2, 0) is 4.79 Å². The highest BCUT2D eigenvalue weighted by Gasteiger charge is 2.40. The monoisotopic (exact) mass is 304 g/mol. The standard InChI is InChI=1S/C15H16N2O3S/c1-8-13(10-5-3-4-6-11(10)16-8)14(18)17-9(2)21-7-12(17)15(19)20/h3-6,9,12,16H,7H2,1-2H3,(H,19,20). The van der Waals surface area contributed by atoms with Gasteiger partial charge in [0.15, 0.2) is 0 Å². The van der Waals surface area contributed by atoms with Crippen molar-refractivity contribution in [2.45, 2.75) is 25.3 Å². The number of carboxylic acids is 1. The highest BCUT2D eigenvalue weighted by atomic mass is 32.2. The second-order valence-corrected chi connectivity index (χ2v) is 6.52. The van der Waals surface area contributed by atoms with E-state index < -0.39 is 12.0 Å². The molecule has 0 radical (unpaired) electrons. The summed E-state index contributed by atoms with van der Waals surface area (Å²) in [4.78, 5) is 28.9. The summed E-state index contributed by atoms with van der Waals surface area (Å²) in [5, 5.41) is 10.0. The number of nitrogens with zero attached hydrogens (tertiary/aromatic N) is 1. The molecule has 110 valence electrons. The number of benzene rings is 1. The van der Waals surface area contributed by atoms with Crippen molar-refractivity contribution >= 4 is 34.5 Å². The van der Waals surface area contributed by atoms with Gasteiger partial charge >= 0.3 is 5.97 Å². The van der Waals surface area contributed by atoms with E-state index in [4.69, 9.17) is 0 Å². The van der Waals surface area contributed by atoms with Crippen molar-refractivity contribution in [3.05, 3.63) is 35.5 Å². The van der Waals surface area contributed by atoms with Gasteiger partial charge in [-0.25, -0.2) is 4.79 Å². The van der Waals surface area contributed by atoms with Crippen LogP contribution in [0.25, 0.3) is 10.9 Å². The van der Waals surface area contributed by atoms with Gasteiger partial charge in [0.25, 0.3) is 5.91 Å². The molecule has 2 atom stereocenters. The van der Waals surface area contributed by atoms with E-state index in [1.54, 1.807) is 0 Å². The van der Waals surface area contributed by atoms with E-state index in [-0.39, 0.29) is 11.3 Å². The smallest absolute Gasteiger partial charge is 0.327 e. The first-order chi connectivity index (χ1) is 10.0. The summed E-state index contributed by atoms with van der Waals surface area (Å²) in [7, 11) is 0. The molecule has 2 aromatic rings. The van der Waals surface area contributed by atoms with Gasteiger partial charge < -0.3 is 15.0 Å². The maximum absolute atomic E-state index is 12.9. The number of hydrogen-bond acceptors (Lipinski definition) is 3. The minimum Gasteiger partial charge on any atom is -0.480 e. The number of aliphatic carboxylic acids is 1. The van der Waals surface area contributed by atoms with E-state index in [0.29, 0.717) is 11.3 Å². The molecule has 0 saturated carbocycles. The third-order valence-electron chi connectivity index (χ3n) is 3.85. The Kier molecular flexibility index (Phi) is 3.41. The molecule has 1 fully saturated rings. The summed E-state index contributed by atoms with van der Waals surface area (Å²) in [5.41, 5.74) is 2.24. The average molecular weight is 304 g/mol. The Hall–Kier alpha value is -1.95. The Morgan fingerprint density at radius 3 is 2.81 bits per heavy atom. The molecule has 1 aliphatic heterocycles. The second kappa shape index (κ2) is 5.11. The zero-order valence-corrected chi connectivity index (χ0v) is 12.6. The third-order valence-corrected chi connectivity index (χ3v) is 5.07. The number of fused-ring (bicyclic) bond motifs is 1. The molecule has 1 saturated heterocycles. The third kappa shape index (κ3) is 2.19. The Bertz CT molecular complexity index is 725. The molecule has 1 aliphatic rings. The zero-order valence-electron chi connectivity index (χ0n) is 11.8. The summed E-state index contributed by atoms with van der Waals surface area (Å²) in [6.07, 6.45) is 0. The summed E-state index contributed by atoms with van der Waals surface area (Å²) in [6, 6.07) is 6.82. The highest BCUT2D eigenvalue weighted by molar-refractivity contribution is 8.00. The molecule has 0 bridgehead atoms. The number of para-hydroxylation sites is 1. The van der Waals surface area contributed by atoms with E-state index in [1.807, 2.05) is 38.1 Å². The SMILES string of the molecule is Cc1[nH]c2ccccc2c1C(=O)N1C(C)SCC1C(=O)O. The highest BCUT2D eigenvalue weighted by Crippen LogP contribution is 2.33. The van der Waals surface area contributed by atoms with Crippen LogP contribution < -0.4 is 0 Å². The van der Waals surface area contributed by atoms with Crippen molar-refractivity contribution in [2.75, 3.05) is 5.75 Å². The summed E-state index contributed by atoms with van der Waals surface area (Å²) >= 11 is 1.49. The number of aromatic amines is 1. The first kappa shape index (κ1) is 14.0. The van der Waals surface area contributed by atoms with Crippen LogP contribution in [0.15, 0.2) is 24.3 Å². The van der Waals surface area contributed by atoms with Gasteiger partial charge in [-0.2, -0.15) is 0 Å². The lowest BCUT2D eigenvalue weighted by Gasteiger charge is -2.25. The van der Waals surface area contributed by atoms with Gasteiger partial charge in [-0.3, -0.25) is 4.79 Å². The number of H-pyrrole nitrogens is 1. The lowest BCUT2D eigenvalue weighted by molar-refractivity contribution is -0.141. The quantitative estimate of drug-likeness (QED) is 0.894. The molecular weight excluding hydrogens is 288 g/mol. The van der Waals surface area contributed by atoms with Crippen molar-refractivity contribution in [3.63, 3.8) is 0 Å². The number of rotatable bonds is 2. The van der Waals surface area contributed by atoms with Crippen LogP contribution in [0, 0.1) is 6.92 Å². The Morgan fingerprint density at radius 1 is 1.38 bits per heavy atom. The minimum atomic E-state index is -0.947. The first-order valence-electron chi connectivity index (χ1n) is 6.75. The van der Waals surface area contributed by atoms with Gasteiger partial charge in [0.2, 0.25) is 0 Å². The summed E-state index contributed by atoms with van der Waals surface area (Å²) in [6.45, 7) is 3.71. The fourth-order valence-electron chi connectivity index (χ4n) is 2.82. The van der Waals surface area contributed by atoms with Crippen LogP contribution >= 0.6 is 11.8 Å². The van der Waals surface area contributed by atoms with E-state index in [1.165, 1.54) is 16.7 Å². The molecule has 5 nitrogen and oxygen atoms in total. The van der Waals surface area contributed by atoms with Gasteiger partial charge in [-0.1, -0.05) is 18.2 Å².